The van der Waals surface area contributed by atoms with Gasteiger partial charge in [-0.05, 0) is 49.4 Å². The van der Waals surface area contributed by atoms with E-state index in [1.807, 2.05) is 24.4 Å². The minimum atomic E-state index is -0.584. The Hall–Kier alpha value is -3.21. The number of aryl methyl sites for hydroxylation is 1. The maximum atomic E-state index is 12.4. The van der Waals surface area contributed by atoms with E-state index in [0.29, 0.717) is 22.0 Å². The highest BCUT2D eigenvalue weighted by molar-refractivity contribution is 7.98. The summed E-state index contributed by atoms with van der Waals surface area (Å²) in [6.45, 7) is 1.53. The first-order valence-electron chi connectivity index (χ1n) is 9.73. The number of ether oxygens (including phenoxy) is 1. The third kappa shape index (κ3) is 6.19. The van der Waals surface area contributed by atoms with Crippen LogP contribution in [0.4, 0.5) is 5.69 Å². The number of thiazole rings is 1. The minimum absolute atomic E-state index is 0.364. The maximum absolute atomic E-state index is 12.4. The van der Waals surface area contributed by atoms with Crippen LogP contribution in [-0.2, 0) is 15.3 Å². The van der Waals surface area contributed by atoms with Gasteiger partial charge in [0.1, 0.15) is 12.7 Å². The smallest absolute Gasteiger partial charge is 0.338 e. The molecule has 0 spiro atoms. The van der Waals surface area contributed by atoms with E-state index >= 15 is 0 Å². The Labute approximate surface area is 203 Å². The molecule has 4 aromatic rings. The summed E-state index contributed by atoms with van der Waals surface area (Å²) >= 11 is 9.31. The molecule has 0 atom stereocenters. The zero-order valence-electron chi connectivity index (χ0n) is 17.4. The van der Waals surface area contributed by atoms with E-state index in [-0.39, 0.29) is 0 Å². The first-order valence-corrected chi connectivity index (χ1v) is 12.0. The standard InChI is InChI=1S/C22H18ClN5O3S2/c1-14-26-17(10-32-14)11-33-18-5-2-15(3-6-18)22(30)31-9-21(29)27-19-8-16(23)4-7-20(19)28-13-24-12-25-28/h2-8,10,12-13H,9,11H2,1H3,(H,27,29). The van der Waals surface area contributed by atoms with Crippen LogP contribution in [0.2, 0.25) is 5.02 Å². The van der Waals surface area contributed by atoms with Gasteiger partial charge < -0.3 is 10.1 Å². The Bertz CT molecular complexity index is 1260. The summed E-state index contributed by atoms with van der Waals surface area (Å²) in [5.41, 5.74) is 2.40. The number of hydrogen-bond donors (Lipinski definition) is 1. The van der Waals surface area contributed by atoms with Gasteiger partial charge in [-0.2, -0.15) is 5.10 Å². The molecule has 11 heteroatoms. The van der Waals surface area contributed by atoms with Gasteiger partial charge in [-0.15, -0.1) is 23.1 Å². The first-order chi connectivity index (χ1) is 16.0. The zero-order chi connectivity index (χ0) is 23.2. The van der Waals surface area contributed by atoms with E-state index in [1.165, 1.54) is 17.3 Å². The number of nitrogens with one attached hydrogen (secondary N) is 1. The lowest BCUT2D eigenvalue weighted by atomic mass is 10.2. The van der Waals surface area contributed by atoms with Crippen molar-refractivity contribution in [2.75, 3.05) is 11.9 Å². The van der Waals surface area contributed by atoms with Gasteiger partial charge in [0, 0.05) is 21.1 Å². The van der Waals surface area contributed by atoms with E-state index in [1.54, 1.807) is 53.4 Å². The van der Waals surface area contributed by atoms with E-state index in [2.05, 4.69) is 20.4 Å². The van der Waals surface area contributed by atoms with E-state index < -0.39 is 18.5 Å². The summed E-state index contributed by atoms with van der Waals surface area (Å²) in [6.07, 6.45) is 2.88. The average Bonchev–Trinajstić information content (AvgIpc) is 3.48. The van der Waals surface area contributed by atoms with Crippen molar-refractivity contribution in [2.24, 2.45) is 0 Å². The van der Waals surface area contributed by atoms with Gasteiger partial charge in [-0.25, -0.2) is 19.4 Å². The molecule has 2 aromatic carbocycles. The minimum Gasteiger partial charge on any atom is -0.452 e. The molecule has 168 valence electrons. The van der Waals surface area contributed by atoms with Gasteiger partial charge in [0.2, 0.25) is 0 Å². The molecule has 33 heavy (non-hydrogen) atoms. The molecule has 1 amide bonds. The number of halogens is 1. The number of aromatic nitrogens is 4. The number of thioether (sulfide) groups is 1. The Morgan fingerprint density at radius 2 is 2.03 bits per heavy atom. The van der Waals surface area contributed by atoms with Crippen molar-refractivity contribution in [3.05, 3.63) is 81.8 Å². The molecule has 0 aliphatic rings. The van der Waals surface area contributed by atoms with Gasteiger partial charge >= 0.3 is 5.97 Å². The molecule has 0 bridgehead atoms. The molecule has 2 heterocycles. The summed E-state index contributed by atoms with van der Waals surface area (Å²) in [4.78, 5) is 34.1. The van der Waals surface area contributed by atoms with Crippen molar-refractivity contribution in [3.8, 4) is 5.69 Å². The van der Waals surface area contributed by atoms with Crippen molar-refractivity contribution in [1.29, 1.82) is 0 Å². The molecule has 0 aliphatic carbocycles. The van der Waals surface area contributed by atoms with Crippen LogP contribution in [0.15, 0.2) is 65.4 Å². The Kier molecular flexibility index (Phi) is 7.38. The summed E-state index contributed by atoms with van der Waals surface area (Å²) in [5, 5.41) is 10.3. The van der Waals surface area contributed by atoms with Gasteiger partial charge in [0.05, 0.1) is 27.6 Å². The fraction of sp³-hybridized carbons (Fsp3) is 0.136. The van der Waals surface area contributed by atoms with Crippen molar-refractivity contribution in [3.63, 3.8) is 0 Å². The van der Waals surface area contributed by atoms with Crippen molar-refractivity contribution < 1.29 is 14.3 Å². The van der Waals surface area contributed by atoms with Crippen LogP contribution < -0.4 is 5.32 Å². The number of carbonyl (C=O) groups excluding carboxylic acids is 2. The second-order valence-electron chi connectivity index (χ2n) is 6.80. The number of hydrogen-bond acceptors (Lipinski definition) is 8. The molecular formula is C22H18ClN5O3S2. The fourth-order valence-corrected chi connectivity index (χ4v) is 4.54. The number of rotatable bonds is 8. The Balaban J connectivity index is 1.31. The van der Waals surface area contributed by atoms with E-state index in [9.17, 15) is 9.59 Å². The van der Waals surface area contributed by atoms with Crippen LogP contribution in [0.5, 0.6) is 0 Å². The topological polar surface area (TPSA) is 99.0 Å². The van der Waals surface area contributed by atoms with Gasteiger partial charge in [-0.3, -0.25) is 4.79 Å². The number of esters is 1. The monoisotopic (exact) mass is 499 g/mol. The highest BCUT2D eigenvalue weighted by atomic mass is 35.5. The first kappa shape index (κ1) is 23.0. The summed E-state index contributed by atoms with van der Waals surface area (Å²) in [7, 11) is 0. The lowest BCUT2D eigenvalue weighted by molar-refractivity contribution is -0.119. The maximum Gasteiger partial charge on any atom is 0.338 e. The second-order valence-corrected chi connectivity index (χ2v) is 9.34. The number of benzene rings is 2. The fourth-order valence-electron chi connectivity index (χ4n) is 2.86. The van der Waals surface area contributed by atoms with Crippen LogP contribution in [0.3, 0.4) is 0 Å². The van der Waals surface area contributed by atoms with Gasteiger partial charge in [0.15, 0.2) is 6.61 Å². The number of nitrogens with zero attached hydrogens (tertiary/aromatic N) is 4. The molecule has 0 saturated carbocycles. The number of carbonyl (C=O) groups is 2. The van der Waals surface area contributed by atoms with Crippen LogP contribution >= 0.6 is 34.7 Å². The van der Waals surface area contributed by atoms with Crippen LogP contribution in [0, 0.1) is 6.92 Å². The predicted molar refractivity (Wildman–Crippen MR) is 128 cm³/mol. The molecule has 0 aliphatic heterocycles. The van der Waals surface area contributed by atoms with Crippen molar-refractivity contribution >= 4 is 52.3 Å². The Morgan fingerprint density at radius 3 is 2.73 bits per heavy atom. The van der Waals surface area contributed by atoms with E-state index in [0.717, 1.165) is 21.3 Å². The molecule has 1 N–H and O–H groups in total. The highest BCUT2D eigenvalue weighted by Crippen LogP contribution is 2.25. The third-order valence-corrected chi connectivity index (χ3v) is 6.48. The Morgan fingerprint density at radius 1 is 1.21 bits per heavy atom. The summed E-state index contributed by atoms with van der Waals surface area (Å²) in [5.74, 6) is -0.328. The second kappa shape index (κ2) is 10.6. The molecule has 0 radical (unpaired) electrons. The quantitative estimate of drug-likeness (QED) is 0.275. The largest absolute Gasteiger partial charge is 0.452 e. The molecule has 8 nitrogen and oxygen atoms in total. The lowest BCUT2D eigenvalue weighted by Crippen LogP contribution is -2.21. The van der Waals surface area contributed by atoms with Crippen LogP contribution in [0.25, 0.3) is 5.69 Å². The number of anilines is 1. The number of amides is 1. The zero-order valence-corrected chi connectivity index (χ0v) is 19.8. The molecular weight excluding hydrogens is 482 g/mol. The third-order valence-electron chi connectivity index (χ3n) is 4.38. The van der Waals surface area contributed by atoms with Crippen LogP contribution in [-0.4, -0.2) is 38.2 Å². The predicted octanol–water partition coefficient (Wildman–Crippen LogP) is 4.77. The van der Waals surface area contributed by atoms with Crippen molar-refractivity contribution in [2.45, 2.75) is 17.6 Å². The van der Waals surface area contributed by atoms with E-state index in [4.69, 9.17) is 16.3 Å². The molecule has 0 fully saturated rings. The highest BCUT2D eigenvalue weighted by Gasteiger charge is 2.14. The lowest BCUT2D eigenvalue weighted by Gasteiger charge is -2.11. The SMILES string of the molecule is Cc1nc(CSc2ccc(C(=O)OCC(=O)Nc3cc(Cl)ccc3-n3cncn3)cc2)cs1. The van der Waals surface area contributed by atoms with Crippen LogP contribution in [0.1, 0.15) is 21.1 Å². The molecule has 4 rings (SSSR count). The van der Waals surface area contributed by atoms with Crippen molar-refractivity contribution in [1.82, 2.24) is 19.7 Å². The molecule has 0 unspecified atom stereocenters. The van der Waals surface area contributed by atoms with Gasteiger partial charge in [-0.1, -0.05) is 11.6 Å². The normalized spacial score (nSPS) is 10.7. The average molecular weight is 500 g/mol. The molecule has 0 saturated heterocycles. The van der Waals surface area contributed by atoms with Gasteiger partial charge in [0.25, 0.3) is 5.91 Å². The molecule has 2 aromatic heterocycles. The summed E-state index contributed by atoms with van der Waals surface area (Å²) < 4.78 is 6.65. The summed E-state index contributed by atoms with van der Waals surface area (Å²) in [6, 6.07) is 12.0.